The third-order valence-corrected chi connectivity index (χ3v) is 4.03. The molecular weight excluding hydrogens is 359 g/mol. The van der Waals surface area contributed by atoms with E-state index in [-0.39, 0.29) is 24.9 Å². The maximum Gasteiger partial charge on any atom is 0.307 e. The van der Waals surface area contributed by atoms with Gasteiger partial charge in [0.05, 0.1) is 37.4 Å². The number of aliphatic carboxylic acids is 1. The maximum atomic E-state index is 12.2. The monoisotopic (exact) mass is 378 g/mol. The first-order chi connectivity index (χ1) is 10.9. The van der Waals surface area contributed by atoms with Crippen molar-refractivity contribution in [1.82, 2.24) is 4.90 Å². The van der Waals surface area contributed by atoms with Crippen LogP contribution in [0.2, 0.25) is 5.02 Å². The van der Waals surface area contributed by atoms with Crippen molar-refractivity contribution < 1.29 is 24.2 Å². The van der Waals surface area contributed by atoms with Crippen LogP contribution in [-0.4, -0.2) is 55.7 Å². The highest BCUT2D eigenvalue weighted by Gasteiger charge is 2.29. The lowest BCUT2D eigenvalue weighted by Gasteiger charge is -2.17. The Bertz CT molecular complexity index is 612. The van der Waals surface area contributed by atoms with Crippen LogP contribution in [-0.2, 0) is 9.59 Å². The van der Waals surface area contributed by atoms with E-state index >= 15 is 0 Å². The second kappa shape index (κ2) is 8.96. The second-order valence-corrected chi connectivity index (χ2v) is 5.70. The predicted molar refractivity (Wildman–Crippen MR) is 92.6 cm³/mol. The minimum atomic E-state index is -0.822. The molecule has 1 saturated heterocycles. The maximum absolute atomic E-state index is 12.2. The number of amides is 1. The Morgan fingerprint density at radius 3 is 2.54 bits per heavy atom. The molecule has 1 aliphatic rings. The SMILES string of the molecule is COc1cc(NC(=O)CN2CCC(C(=O)O)C2)c(OC)cc1Cl.Cl. The van der Waals surface area contributed by atoms with Gasteiger partial charge >= 0.3 is 5.97 Å². The molecule has 0 aromatic heterocycles. The third-order valence-electron chi connectivity index (χ3n) is 3.74. The zero-order valence-electron chi connectivity index (χ0n) is 13.4. The molecule has 0 spiro atoms. The average molecular weight is 379 g/mol. The Morgan fingerprint density at radius 1 is 1.33 bits per heavy atom. The van der Waals surface area contributed by atoms with Gasteiger partial charge in [-0.3, -0.25) is 14.5 Å². The summed E-state index contributed by atoms with van der Waals surface area (Å²) in [7, 11) is 2.96. The number of halogens is 2. The zero-order valence-corrected chi connectivity index (χ0v) is 14.9. The highest BCUT2D eigenvalue weighted by molar-refractivity contribution is 6.32. The molecule has 2 N–H and O–H groups in total. The highest BCUT2D eigenvalue weighted by Crippen LogP contribution is 2.35. The van der Waals surface area contributed by atoms with Gasteiger partial charge in [0.2, 0.25) is 5.91 Å². The van der Waals surface area contributed by atoms with Crippen molar-refractivity contribution >= 4 is 41.6 Å². The van der Waals surface area contributed by atoms with Crippen molar-refractivity contribution in [3.63, 3.8) is 0 Å². The molecule has 1 fully saturated rings. The van der Waals surface area contributed by atoms with E-state index in [2.05, 4.69) is 5.32 Å². The van der Waals surface area contributed by atoms with Crippen molar-refractivity contribution in [3.05, 3.63) is 17.2 Å². The number of carboxylic acid groups (broad SMARTS) is 1. The van der Waals surface area contributed by atoms with E-state index in [1.807, 2.05) is 4.90 Å². The number of anilines is 1. The molecule has 1 unspecified atom stereocenters. The van der Waals surface area contributed by atoms with E-state index in [0.29, 0.717) is 41.7 Å². The van der Waals surface area contributed by atoms with Crippen molar-refractivity contribution in [2.24, 2.45) is 5.92 Å². The van der Waals surface area contributed by atoms with Gasteiger partial charge in [0.25, 0.3) is 0 Å². The summed E-state index contributed by atoms with van der Waals surface area (Å²) in [5.74, 6) is -0.632. The van der Waals surface area contributed by atoms with Gasteiger partial charge in [0, 0.05) is 18.7 Å². The number of benzene rings is 1. The Balaban J connectivity index is 0.00000288. The number of carbonyl (C=O) groups is 2. The number of rotatable bonds is 6. The molecule has 1 aromatic rings. The Morgan fingerprint density at radius 2 is 2.00 bits per heavy atom. The van der Waals surface area contributed by atoms with Crippen LogP contribution in [0.25, 0.3) is 0 Å². The van der Waals surface area contributed by atoms with E-state index in [1.54, 1.807) is 12.1 Å². The van der Waals surface area contributed by atoms with E-state index in [1.165, 1.54) is 14.2 Å². The van der Waals surface area contributed by atoms with E-state index < -0.39 is 11.9 Å². The summed E-state index contributed by atoms with van der Waals surface area (Å²) in [5, 5.41) is 12.1. The van der Waals surface area contributed by atoms with Gasteiger partial charge in [0.1, 0.15) is 11.5 Å². The molecule has 24 heavy (non-hydrogen) atoms. The number of nitrogens with one attached hydrogen (secondary N) is 1. The molecule has 1 heterocycles. The normalized spacial score (nSPS) is 17.0. The van der Waals surface area contributed by atoms with Gasteiger partial charge in [-0.1, -0.05) is 11.6 Å². The summed E-state index contributed by atoms with van der Waals surface area (Å²) >= 11 is 6.02. The molecule has 1 aliphatic heterocycles. The van der Waals surface area contributed by atoms with E-state index in [0.717, 1.165) is 0 Å². The summed E-state index contributed by atoms with van der Waals surface area (Å²) in [6.07, 6.45) is 0.556. The fourth-order valence-electron chi connectivity index (χ4n) is 2.53. The quantitative estimate of drug-likeness (QED) is 0.787. The number of hydrogen-bond acceptors (Lipinski definition) is 5. The Kier molecular flexibility index (Phi) is 7.59. The molecule has 9 heteroatoms. The molecule has 1 amide bonds. The van der Waals surface area contributed by atoms with Crippen LogP contribution in [0.4, 0.5) is 5.69 Å². The predicted octanol–water partition coefficient (Wildman–Crippen LogP) is 2.12. The largest absolute Gasteiger partial charge is 0.495 e. The number of ether oxygens (including phenoxy) is 2. The van der Waals surface area contributed by atoms with Gasteiger partial charge in [-0.2, -0.15) is 0 Å². The lowest BCUT2D eigenvalue weighted by molar-refractivity contribution is -0.141. The molecule has 134 valence electrons. The van der Waals surface area contributed by atoms with E-state index in [4.69, 9.17) is 26.2 Å². The number of methoxy groups -OCH3 is 2. The fourth-order valence-corrected chi connectivity index (χ4v) is 2.76. The molecule has 0 bridgehead atoms. The number of nitrogens with zero attached hydrogens (tertiary/aromatic N) is 1. The minimum absolute atomic E-state index is 0. The van der Waals surface area contributed by atoms with E-state index in [9.17, 15) is 9.59 Å². The first-order valence-electron chi connectivity index (χ1n) is 7.11. The van der Waals surface area contributed by atoms with Gasteiger partial charge < -0.3 is 19.9 Å². The zero-order chi connectivity index (χ0) is 17.0. The summed E-state index contributed by atoms with van der Waals surface area (Å²) in [6.45, 7) is 1.09. The number of carboxylic acids is 1. The molecular formula is C15H20Cl2N2O5. The van der Waals surface area contributed by atoms with Crippen LogP contribution in [0.1, 0.15) is 6.42 Å². The lowest BCUT2D eigenvalue weighted by atomic mass is 10.1. The Labute approximate surface area is 151 Å². The van der Waals surface area contributed by atoms with Crippen molar-refractivity contribution in [2.75, 3.05) is 39.2 Å². The molecule has 1 atom stereocenters. The Hall–Kier alpha value is -1.70. The topological polar surface area (TPSA) is 88.1 Å². The van der Waals surface area contributed by atoms with Crippen LogP contribution in [0.3, 0.4) is 0 Å². The minimum Gasteiger partial charge on any atom is -0.495 e. The number of hydrogen-bond donors (Lipinski definition) is 2. The smallest absolute Gasteiger partial charge is 0.307 e. The number of likely N-dealkylation sites (tertiary alicyclic amines) is 1. The van der Waals surface area contributed by atoms with Crippen LogP contribution < -0.4 is 14.8 Å². The lowest BCUT2D eigenvalue weighted by Crippen LogP contribution is -2.32. The van der Waals surface area contributed by atoms with Crippen LogP contribution >= 0.6 is 24.0 Å². The van der Waals surface area contributed by atoms with Gasteiger partial charge in [-0.15, -0.1) is 12.4 Å². The summed E-state index contributed by atoms with van der Waals surface area (Å²) in [4.78, 5) is 24.9. The fraction of sp³-hybridized carbons (Fsp3) is 0.467. The van der Waals surface area contributed by atoms with Crippen molar-refractivity contribution in [1.29, 1.82) is 0 Å². The standard InChI is InChI=1S/C15H19ClN2O5.ClH/c1-22-12-6-11(13(23-2)5-10(12)16)17-14(19)8-18-4-3-9(7-18)15(20)21;/h5-6,9H,3-4,7-8H2,1-2H3,(H,17,19)(H,20,21);1H. The number of carbonyl (C=O) groups excluding carboxylic acids is 1. The van der Waals surface area contributed by atoms with Crippen molar-refractivity contribution in [3.8, 4) is 11.5 Å². The summed E-state index contributed by atoms with van der Waals surface area (Å²) < 4.78 is 10.3. The first kappa shape index (κ1) is 20.3. The van der Waals surface area contributed by atoms with Gasteiger partial charge in [0.15, 0.2) is 0 Å². The highest BCUT2D eigenvalue weighted by atomic mass is 35.5. The molecule has 0 aliphatic carbocycles. The third kappa shape index (κ3) is 4.90. The van der Waals surface area contributed by atoms with Crippen LogP contribution in [0, 0.1) is 5.92 Å². The summed E-state index contributed by atoms with van der Waals surface area (Å²) in [6, 6.07) is 3.15. The summed E-state index contributed by atoms with van der Waals surface area (Å²) in [5.41, 5.74) is 0.452. The van der Waals surface area contributed by atoms with Crippen molar-refractivity contribution in [2.45, 2.75) is 6.42 Å². The average Bonchev–Trinajstić information content (AvgIpc) is 2.97. The van der Waals surface area contributed by atoms with Gasteiger partial charge in [-0.05, 0) is 13.0 Å². The van der Waals surface area contributed by atoms with Gasteiger partial charge in [-0.25, -0.2) is 0 Å². The van der Waals surface area contributed by atoms with Crippen LogP contribution in [0.15, 0.2) is 12.1 Å². The molecule has 2 rings (SSSR count). The molecule has 7 nitrogen and oxygen atoms in total. The molecule has 0 radical (unpaired) electrons. The second-order valence-electron chi connectivity index (χ2n) is 5.29. The molecule has 0 saturated carbocycles. The first-order valence-corrected chi connectivity index (χ1v) is 7.49. The molecule has 1 aromatic carbocycles. The van der Waals surface area contributed by atoms with Crippen LogP contribution in [0.5, 0.6) is 11.5 Å².